The molecule has 0 fully saturated rings. The molecule has 0 aromatic heterocycles. The van der Waals surface area contributed by atoms with E-state index in [1.807, 2.05) is 24.3 Å². The second-order valence-electron chi connectivity index (χ2n) is 2.73. The Morgan fingerprint density at radius 2 is 2.33 bits per heavy atom. The van der Waals surface area contributed by atoms with Crippen LogP contribution in [0.1, 0.15) is 5.56 Å². The summed E-state index contributed by atoms with van der Waals surface area (Å²) in [6.45, 7) is 0. The van der Waals surface area contributed by atoms with Crippen LogP contribution in [0.4, 0.5) is 4.79 Å². The number of hydrogen-bond donors (Lipinski definition) is 2. The number of rotatable bonds is 3. The number of nitrogens with zero attached hydrogens (tertiary/aromatic N) is 1. The minimum atomic E-state index is -0.353. The number of ether oxygens (including phenoxy) is 1. The van der Waals surface area contributed by atoms with Gasteiger partial charge in [0.2, 0.25) is 0 Å². The van der Waals surface area contributed by atoms with Gasteiger partial charge in [0.25, 0.3) is 0 Å². The van der Waals surface area contributed by atoms with Crippen molar-refractivity contribution in [1.29, 1.82) is 0 Å². The fourth-order valence-electron chi connectivity index (χ4n) is 0.943. The summed E-state index contributed by atoms with van der Waals surface area (Å²) in [6.07, 6.45) is 1.54. The van der Waals surface area contributed by atoms with E-state index in [2.05, 4.69) is 15.8 Å². The lowest BCUT2D eigenvalue weighted by Gasteiger charge is -2.00. The maximum absolute atomic E-state index is 10.8. The quantitative estimate of drug-likeness (QED) is 0.572. The summed E-state index contributed by atoms with van der Waals surface area (Å²) in [5.41, 5.74) is 3.15. The van der Waals surface area contributed by atoms with Crippen molar-refractivity contribution in [3.63, 3.8) is 0 Å². The molecule has 0 aliphatic heterocycles. The summed E-state index contributed by atoms with van der Waals surface area (Å²) in [6, 6.07) is 7.00. The first-order chi connectivity index (χ1) is 7.26. The van der Waals surface area contributed by atoms with Gasteiger partial charge >= 0.3 is 6.03 Å². The Bertz CT molecular complexity index is 363. The highest BCUT2D eigenvalue weighted by Gasteiger charge is 1.93. The van der Waals surface area contributed by atoms with Gasteiger partial charge < -0.3 is 10.1 Å². The van der Waals surface area contributed by atoms with Gasteiger partial charge in [-0.1, -0.05) is 12.1 Å². The molecule has 0 saturated heterocycles. The van der Waals surface area contributed by atoms with E-state index in [-0.39, 0.29) is 6.03 Å². The molecule has 2 N–H and O–H groups in total. The van der Waals surface area contributed by atoms with Gasteiger partial charge in [0.05, 0.1) is 13.3 Å². The predicted octanol–water partition coefficient (Wildman–Crippen LogP) is 0.958. The summed E-state index contributed by atoms with van der Waals surface area (Å²) in [5, 5.41) is 6.13. The van der Waals surface area contributed by atoms with Crippen LogP contribution in [0.2, 0.25) is 0 Å². The zero-order valence-electron chi connectivity index (χ0n) is 8.65. The van der Waals surface area contributed by atoms with Crippen LogP contribution in [0.5, 0.6) is 5.75 Å². The molecular weight excluding hydrogens is 194 g/mol. The lowest BCUT2D eigenvalue weighted by atomic mass is 10.2. The van der Waals surface area contributed by atoms with E-state index in [4.69, 9.17) is 4.74 Å². The van der Waals surface area contributed by atoms with E-state index >= 15 is 0 Å². The van der Waals surface area contributed by atoms with E-state index in [1.54, 1.807) is 7.11 Å². The molecule has 1 aromatic carbocycles. The Kier molecular flexibility index (Phi) is 4.15. The molecule has 0 heterocycles. The third kappa shape index (κ3) is 3.68. The van der Waals surface area contributed by atoms with Gasteiger partial charge in [-0.05, 0) is 17.7 Å². The molecule has 5 heteroatoms. The van der Waals surface area contributed by atoms with Crippen LogP contribution in [0.3, 0.4) is 0 Å². The number of benzene rings is 1. The van der Waals surface area contributed by atoms with Crippen molar-refractivity contribution in [1.82, 2.24) is 10.7 Å². The molecule has 15 heavy (non-hydrogen) atoms. The molecular formula is C10H13N3O2. The average Bonchev–Trinajstić information content (AvgIpc) is 2.29. The molecule has 5 nitrogen and oxygen atoms in total. The zero-order chi connectivity index (χ0) is 11.1. The Hall–Kier alpha value is -2.04. The second kappa shape index (κ2) is 5.64. The molecule has 1 rings (SSSR count). The lowest BCUT2D eigenvalue weighted by molar-refractivity contribution is 0.243. The Morgan fingerprint density at radius 1 is 1.53 bits per heavy atom. The highest BCUT2D eigenvalue weighted by Crippen LogP contribution is 2.10. The molecule has 80 valence electrons. The second-order valence-corrected chi connectivity index (χ2v) is 2.73. The minimum Gasteiger partial charge on any atom is -0.497 e. The molecule has 2 amide bonds. The topological polar surface area (TPSA) is 62.7 Å². The van der Waals surface area contributed by atoms with Crippen LogP contribution in [0, 0.1) is 0 Å². The largest absolute Gasteiger partial charge is 0.497 e. The van der Waals surface area contributed by atoms with E-state index in [0.29, 0.717) is 0 Å². The van der Waals surface area contributed by atoms with Crippen LogP contribution < -0.4 is 15.5 Å². The molecule has 0 spiro atoms. The zero-order valence-corrected chi connectivity index (χ0v) is 8.65. The number of amides is 2. The molecule has 0 saturated carbocycles. The van der Waals surface area contributed by atoms with E-state index in [1.165, 1.54) is 13.3 Å². The van der Waals surface area contributed by atoms with Gasteiger partial charge in [0.15, 0.2) is 0 Å². The van der Waals surface area contributed by atoms with Crippen molar-refractivity contribution < 1.29 is 9.53 Å². The summed E-state index contributed by atoms with van der Waals surface area (Å²) in [4.78, 5) is 10.8. The fraction of sp³-hybridized carbons (Fsp3) is 0.200. The van der Waals surface area contributed by atoms with Crippen LogP contribution in [0.15, 0.2) is 29.4 Å². The van der Waals surface area contributed by atoms with Crippen molar-refractivity contribution in [2.24, 2.45) is 5.10 Å². The summed E-state index contributed by atoms with van der Waals surface area (Å²) in [7, 11) is 3.12. The first-order valence-corrected chi connectivity index (χ1v) is 4.41. The SMILES string of the molecule is CNC(=O)N/N=C/c1cccc(OC)c1. The van der Waals surface area contributed by atoms with Crippen molar-refractivity contribution in [3.05, 3.63) is 29.8 Å². The fourth-order valence-corrected chi connectivity index (χ4v) is 0.943. The van der Waals surface area contributed by atoms with E-state index in [0.717, 1.165) is 11.3 Å². The minimum absolute atomic E-state index is 0.353. The number of carbonyl (C=O) groups excluding carboxylic acids is 1. The average molecular weight is 207 g/mol. The number of carbonyl (C=O) groups is 1. The maximum Gasteiger partial charge on any atom is 0.334 e. The molecule has 0 radical (unpaired) electrons. The molecule has 0 aliphatic rings. The van der Waals surface area contributed by atoms with Crippen LogP contribution in [-0.2, 0) is 0 Å². The van der Waals surface area contributed by atoms with E-state index in [9.17, 15) is 4.79 Å². The lowest BCUT2D eigenvalue weighted by Crippen LogP contribution is -2.28. The van der Waals surface area contributed by atoms with Crippen molar-refractivity contribution in [2.75, 3.05) is 14.2 Å². The Morgan fingerprint density at radius 3 is 3.00 bits per heavy atom. The number of nitrogens with one attached hydrogen (secondary N) is 2. The Balaban J connectivity index is 2.59. The van der Waals surface area contributed by atoms with Crippen molar-refractivity contribution in [3.8, 4) is 5.75 Å². The number of methoxy groups -OCH3 is 1. The molecule has 0 unspecified atom stereocenters. The molecule has 0 bridgehead atoms. The van der Waals surface area contributed by atoms with Crippen LogP contribution >= 0.6 is 0 Å². The standard InChI is InChI=1S/C10H13N3O2/c1-11-10(14)13-12-7-8-4-3-5-9(6-8)15-2/h3-7H,1-2H3,(H2,11,13,14)/b12-7+. The van der Waals surface area contributed by atoms with Crippen molar-refractivity contribution >= 4 is 12.2 Å². The number of hydrogen-bond acceptors (Lipinski definition) is 3. The van der Waals surface area contributed by atoms with Crippen LogP contribution in [0.25, 0.3) is 0 Å². The maximum atomic E-state index is 10.8. The monoisotopic (exact) mass is 207 g/mol. The van der Waals surface area contributed by atoms with Crippen LogP contribution in [-0.4, -0.2) is 26.4 Å². The predicted molar refractivity (Wildman–Crippen MR) is 58.2 cm³/mol. The smallest absolute Gasteiger partial charge is 0.334 e. The number of urea groups is 1. The molecule has 0 atom stereocenters. The van der Waals surface area contributed by atoms with Gasteiger partial charge in [-0.15, -0.1) is 0 Å². The number of hydrazone groups is 1. The first-order valence-electron chi connectivity index (χ1n) is 4.41. The normalized spacial score (nSPS) is 10.0. The summed E-state index contributed by atoms with van der Waals surface area (Å²) in [5.74, 6) is 0.749. The van der Waals surface area contributed by atoms with Gasteiger partial charge in [0.1, 0.15) is 5.75 Å². The highest BCUT2D eigenvalue weighted by molar-refractivity contribution is 5.82. The third-order valence-electron chi connectivity index (χ3n) is 1.70. The van der Waals surface area contributed by atoms with Crippen molar-refractivity contribution in [2.45, 2.75) is 0 Å². The van der Waals surface area contributed by atoms with E-state index < -0.39 is 0 Å². The summed E-state index contributed by atoms with van der Waals surface area (Å²) < 4.78 is 5.04. The first kappa shape index (κ1) is 11.0. The highest BCUT2D eigenvalue weighted by atomic mass is 16.5. The summed E-state index contributed by atoms with van der Waals surface area (Å²) >= 11 is 0. The van der Waals surface area contributed by atoms with Gasteiger partial charge in [-0.25, -0.2) is 10.2 Å². The van der Waals surface area contributed by atoms with Gasteiger partial charge in [-0.2, -0.15) is 5.10 Å². The Labute approximate surface area is 88.1 Å². The molecule has 1 aromatic rings. The third-order valence-corrected chi connectivity index (χ3v) is 1.70. The molecule has 0 aliphatic carbocycles. The van der Waals surface area contributed by atoms with Gasteiger partial charge in [0, 0.05) is 7.05 Å². The van der Waals surface area contributed by atoms with Gasteiger partial charge in [-0.3, -0.25) is 0 Å².